The number of carbonyl (C=O) groups is 1. The SMILES string of the molecule is COc1cc(N2CCN(C(Cl)C=O)[C@@H](C)C2)c(F)cc1Cl. The second-order valence-corrected chi connectivity index (χ2v) is 5.83. The number of nitrogens with zero attached hydrogens (tertiary/aromatic N) is 2. The Balaban J connectivity index is 2.20. The lowest BCUT2D eigenvalue weighted by molar-refractivity contribution is -0.110. The average molecular weight is 335 g/mol. The van der Waals surface area contributed by atoms with E-state index in [1.165, 1.54) is 13.2 Å². The van der Waals surface area contributed by atoms with Gasteiger partial charge in [-0.2, -0.15) is 0 Å². The molecule has 2 rings (SSSR count). The van der Waals surface area contributed by atoms with Crippen molar-refractivity contribution in [1.29, 1.82) is 0 Å². The molecular formula is C14H17Cl2FN2O2. The third-order valence-electron chi connectivity index (χ3n) is 3.67. The number of methoxy groups -OCH3 is 1. The summed E-state index contributed by atoms with van der Waals surface area (Å²) in [6, 6.07) is 2.88. The van der Waals surface area contributed by atoms with Gasteiger partial charge in [-0.1, -0.05) is 23.2 Å². The molecule has 0 spiro atoms. The maximum absolute atomic E-state index is 14.1. The first-order valence-corrected chi connectivity index (χ1v) is 7.42. The van der Waals surface area contributed by atoms with E-state index in [2.05, 4.69) is 0 Å². The summed E-state index contributed by atoms with van der Waals surface area (Å²) in [6.07, 6.45) is 0.708. The Kier molecular flexibility index (Phi) is 5.30. The molecule has 1 fully saturated rings. The Morgan fingerprint density at radius 3 is 2.76 bits per heavy atom. The summed E-state index contributed by atoms with van der Waals surface area (Å²) in [7, 11) is 1.49. The van der Waals surface area contributed by atoms with Crippen LogP contribution in [0.15, 0.2) is 12.1 Å². The molecule has 0 N–H and O–H groups in total. The van der Waals surface area contributed by atoms with E-state index in [9.17, 15) is 9.18 Å². The zero-order valence-electron chi connectivity index (χ0n) is 11.9. The van der Waals surface area contributed by atoms with Gasteiger partial charge in [0.15, 0.2) is 6.29 Å². The molecule has 0 radical (unpaired) electrons. The third-order valence-corrected chi connectivity index (χ3v) is 4.32. The van der Waals surface area contributed by atoms with Gasteiger partial charge in [0.1, 0.15) is 17.1 Å². The molecule has 1 aromatic rings. The van der Waals surface area contributed by atoms with E-state index >= 15 is 0 Å². The van der Waals surface area contributed by atoms with E-state index in [1.54, 1.807) is 6.07 Å². The summed E-state index contributed by atoms with van der Waals surface area (Å²) < 4.78 is 19.3. The van der Waals surface area contributed by atoms with Crippen molar-refractivity contribution in [3.8, 4) is 5.75 Å². The Labute approximate surface area is 133 Å². The molecule has 116 valence electrons. The van der Waals surface area contributed by atoms with E-state index in [1.807, 2.05) is 16.7 Å². The highest BCUT2D eigenvalue weighted by molar-refractivity contribution is 6.32. The highest BCUT2D eigenvalue weighted by Crippen LogP contribution is 2.33. The number of aldehydes is 1. The topological polar surface area (TPSA) is 32.8 Å². The molecule has 0 bridgehead atoms. The molecule has 1 saturated heterocycles. The van der Waals surface area contributed by atoms with Crippen LogP contribution in [0.25, 0.3) is 0 Å². The van der Waals surface area contributed by atoms with Gasteiger partial charge in [-0.25, -0.2) is 4.39 Å². The minimum Gasteiger partial charge on any atom is -0.495 e. The zero-order chi connectivity index (χ0) is 15.6. The summed E-state index contributed by atoms with van der Waals surface area (Å²) in [6.45, 7) is 3.68. The molecule has 1 aliphatic heterocycles. The van der Waals surface area contributed by atoms with Crippen LogP contribution in [0.5, 0.6) is 5.75 Å². The number of ether oxygens (including phenoxy) is 1. The molecule has 7 heteroatoms. The molecule has 4 nitrogen and oxygen atoms in total. The number of rotatable bonds is 4. The first kappa shape index (κ1) is 16.3. The molecule has 1 aromatic carbocycles. The van der Waals surface area contributed by atoms with Crippen LogP contribution < -0.4 is 9.64 Å². The minimum absolute atomic E-state index is 0.0347. The zero-order valence-corrected chi connectivity index (χ0v) is 13.4. The monoisotopic (exact) mass is 334 g/mol. The van der Waals surface area contributed by atoms with Gasteiger partial charge >= 0.3 is 0 Å². The van der Waals surface area contributed by atoms with Gasteiger partial charge in [-0.05, 0) is 13.0 Å². The summed E-state index contributed by atoms with van der Waals surface area (Å²) in [5.41, 5.74) is -0.202. The number of alkyl halides is 1. The normalized spacial score (nSPS) is 21.2. The molecule has 1 unspecified atom stereocenters. The van der Waals surface area contributed by atoms with Crippen molar-refractivity contribution in [2.75, 3.05) is 31.6 Å². The van der Waals surface area contributed by atoms with Crippen molar-refractivity contribution in [1.82, 2.24) is 4.90 Å². The van der Waals surface area contributed by atoms with Gasteiger partial charge in [0.05, 0.1) is 17.8 Å². The Morgan fingerprint density at radius 1 is 1.48 bits per heavy atom. The quantitative estimate of drug-likeness (QED) is 0.481. The Morgan fingerprint density at radius 2 is 2.19 bits per heavy atom. The van der Waals surface area contributed by atoms with Crippen molar-refractivity contribution in [3.05, 3.63) is 23.0 Å². The number of piperazine rings is 1. The van der Waals surface area contributed by atoms with Crippen LogP contribution in [-0.2, 0) is 4.79 Å². The van der Waals surface area contributed by atoms with E-state index in [0.29, 0.717) is 37.4 Å². The molecule has 1 heterocycles. The van der Waals surface area contributed by atoms with Crippen molar-refractivity contribution >= 4 is 35.2 Å². The van der Waals surface area contributed by atoms with Crippen molar-refractivity contribution < 1.29 is 13.9 Å². The van der Waals surface area contributed by atoms with Crippen LogP contribution in [0.3, 0.4) is 0 Å². The number of anilines is 1. The Bertz CT molecular complexity index is 530. The molecule has 0 aromatic heterocycles. The largest absolute Gasteiger partial charge is 0.495 e. The molecule has 0 amide bonds. The van der Waals surface area contributed by atoms with Gasteiger partial charge in [-0.15, -0.1) is 0 Å². The van der Waals surface area contributed by atoms with Crippen LogP contribution in [0.2, 0.25) is 5.02 Å². The lowest BCUT2D eigenvalue weighted by Crippen LogP contribution is -2.54. The summed E-state index contributed by atoms with van der Waals surface area (Å²) in [5.74, 6) is 0.0468. The van der Waals surface area contributed by atoms with Crippen LogP contribution in [0.4, 0.5) is 10.1 Å². The fraction of sp³-hybridized carbons (Fsp3) is 0.500. The fourth-order valence-corrected chi connectivity index (χ4v) is 3.07. The summed E-state index contributed by atoms with van der Waals surface area (Å²) in [4.78, 5) is 14.6. The van der Waals surface area contributed by atoms with Crippen LogP contribution >= 0.6 is 23.2 Å². The number of halogens is 3. The van der Waals surface area contributed by atoms with E-state index in [0.717, 1.165) is 0 Å². The van der Waals surface area contributed by atoms with Crippen molar-refractivity contribution in [2.24, 2.45) is 0 Å². The second-order valence-electron chi connectivity index (χ2n) is 4.98. The highest BCUT2D eigenvalue weighted by Gasteiger charge is 2.29. The Hall–Kier alpha value is -1.04. The van der Waals surface area contributed by atoms with Crippen LogP contribution in [0, 0.1) is 5.82 Å². The maximum atomic E-state index is 14.1. The predicted octanol–water partition coefficient (Wildman–Crippen LogP) is 2.76. The van der Waals surface area contributed by atoms with Crippen LogP contribution in [-0.4, -0.2) is 49.5 Å². The van der Waals surface area contributed by atoms with Gasteiger partial charge in [-0.3, -0.25) is 4.90 Å². The van der Waals surface area contributed by atoms with E-state index < -0.39 is 5.50 Å². The van der Waals surface area contributed by atoms with E-state index in [4.69, 9.17) is 27.9 Å². The minimum atomic E-state index is -0.647. The van der Waals surface area contributed by atoms with Gasteiger partial charge in [0, 0.05) is 31.7 Å². The lowest BCUT2D eigenvalue weighted by atomic mass is 10.1. The second kappa shape index (κ2) is 6.81. The fourth-order valence-electron chi connectivity index (χ4n) is 2.55. The average Bonchev–Trinajstić information content (AvgIpc) is 2.46. The number of hydrogen-bond donors (Lipinski definition) is 0. The standard InChI is InChI=1S/C14H17Cl2FN2O2/c1-9-7-18(3-4-19(9)14(16)8-20)12-6-13(21-2)10(15)5-11(12)17/h5-6,8-9,14H,3-4,7H2,1-2H3/t9-,14?/m0/s1. The predicted molar refractivity (Wildman–Crippen MR) is 82.0 cm³/mol. The van der Waals surface area contributed by atoms with Gasteiger partial charge in [0.2, 0.25) is 0 Å². The highest BCUT2D eigenvalue weighted by atomic mass is 35.5. The molecule has 1 aliphatic rings. The number of carbonyl (C=O) groups excluding carboxylic acids is 1. The smallest absolute Gasteiger partial charge is 0.152 e. The summed E-state index contributed by atoms with van der Waals surface area (Å²) >= 11 is 11.9. The first-order chi connectivity index (χ1) is 9.97. The molecule has 21 heavy (non-hydrogen) atoms. The van der Waals surface area contributed by atoms with Gasteiger partial charge < -0.3 is 14.4 Å². The molecular weight excluding hydrogens is 318 g/mol. The molecule has 0 saturated carbocycles. The third kappa shape index (κ3) is 3.42. The van der Waals surface area contributed by atoms with Crippen LogP contribution in [0.1, 0.15) is 6.92 Å². The maximum Gasteiger partial charge on any atom is 0.152 e. The lowest BCUT2D eigenvalue weighted by Gasteiger charge is -2.41. The summed E-state index contributed by atoms with van der Waals surface area (Å²) in [5, 5.41) is 0.243. The number of benzene rings is 1. The van der Waals surface area contributed by atoms with Crippen molar-refractivity contribution in [2.45, 2.75) is 18.5 Å². The first-order valence-electron chi connectivity index (χ1n) is 6.61. The van der Waals surface area contributed by atoms with Gasteiger partial charge in [0.25, 0.3) is 0 Å². The number of hydrogen-bond acceptors (Lipinski definition) is 4. The molecule has 2 atom stereocenters. The molecule has 0 aliphatic carbocycles. The van der Waals surface area contributed by atoms with E-state index in [-0.39, 0.29) is 16.9 Å². The van der Waals surface area contributed by atoms with Crippen molar-refractivity contribution in [3.63, 3.8) is 0 Å².